The van der Waals surface area contributed by atoms with Crippen LogP contribution in [0.4, 0.5) is 10.6 Å². The molecule has 3 aliphatic rings. The van der Waals surface area contributed by atoms with E-state index in [1.54, 1.807) is 6.07 Å². The van der Waals surface area contributed by atoms with Crippen molar-refractivity contribution in [1.82, 2.24) is 14.8 Å². The normalized spacial score (nSPS) is 25.9. The van der Waals surface area contributed by atoms with Gasteiger partial charge in [0.25, 0.3) is 0 Å². The molecule has 3 fully saturated rings. The summed E-state index contributed by atoms with van der Waals surface area (Å²) in [5, 5.41) is 9.03. The third-order valence-corrected chi connectivity index (χ3v) is 5.27. The third kappa shape index (κ3) is 3.45. The molecule has 138 valence electrons. The molecule has 2 unspecified atom stereocenters. The smallest absolute Gasteiger partial charge is 0.410 e. The van der Waals surface area contributed by atoms with Gasteiger partial charge in [-0.3, -0.25) is 9.80 Å². The first kappa shape index (κ1) is 17.1. The Bertz CT molecular complexity index is 700. The summed E-state index contributed by atoms with van der Waals surface area (Å²) in [6.45, 7) is 6.50. The molecule has 4 rings (SSSR count). The number of fused-ring (bicyclic) bond motifs is 1. The fourth-order valence-electron chi connectivity index (χ4n) is 3.90. The lowest BCUT2D eigenvalue weighted by Crippen LogP contribution is -2.41. The Morgan fingerprint density at radius 2 is 2.08 bits per heavy atom. The molecule has 0 saturated carbocycles. The Morgan fingerprint density at radius 1 is 1.23 bits per heavy atom. The van der Waals surface area contributed by atoms with Crippen LogP contribution < -0.4 is 4.90 Å². The van der Waals surface area contributed by atoms with Crippen LogP contribution in [-0.4, -0.2) is 85.5 Å². The summed E-state index contributed by atoms with van der Waals surface area (Å²) in [5.41, 5.74) is 0.402. The summed E-state index contributed by atoms with van der Waals surface area (Å²) in [4.78, 5) is 22.9. The van der Waals surface area contributed by atoms with Crippen molar-refractivity contribution in [2.75, 3.05) is 57.4 Å². The van der Waals surface area contributed by atoms with Gasteiger partial charge in [-0.25, -0.2) is 9.78 Å². The molecule has 1 amide bonds. The topological polar surface area (TPSA) is 81.9 Å². The minimum absolute atomic E-state index is 0.0553. The standard InChI is InChI=1S/C18H23N5O3/c19-11-14-3-1-4-17(20-14)22-12-15-16(13-22)26-18(24)23(15)6-2-5-21-7-9-25-10-8-21/h1,3-4,15-16H,2,5-10,12-13H2. The highest BCUT2D eigenvalue weighted by atomic mass is 16.6. The van der Waals surface area contributed by atoms with Gasteiger partial charge in [0.05, 0.1) is 25.8 Å². The highest BCUT2D eigenvalue weighted by Gasteiger charge is 2.47. The number of ether oxygens (including phenoxy) is 2. The SMILES string of the molecule is N#Cc1cccc(N2CC3OC(=O)N(CCCN4CCOCC4)C3C2)n1. The van der Waals surface area contributed by atoms with Gasteiger partial charge in [0.1, 0.15) is 23.7 Å². The van der Waals surface area contributed by atoms with Crippen molar-refractivity contribution in [2.45, 2.75) is 18.6 Å². The molecule has 0 aliphatic carbocycles. The van der Waals surface area contributed by atoms with E-state index in [0.717, 1.165) is 45.1 Å². The lowest BCUT2D eigenvalue weighted by molar-refractivity contribution is 0.0363. The number of hydrogen-bond donors (Lipinski definition) is 0. The average Bonchev–Trinajstić information content (AvgIpc) is 3.21. The fourth-order valence-corrected chi connectivity index (χ4v) is 3.90. The van der Waals surface area contributed by atoms with E-state index in [4.69, 9.17) is 14.7 Å². The lowest BCUT2D eigenvalue weighted by Gasteiger charge is -2.28. The van der Waals surface area contributed by atoms with Crippen LogP contribution in [0.3, 0.4) is 0 Å². The first-order valence-electron chi connectivity index (χ1n) is 9.14. The molecule has 1 aromatic rings. The molecule has 8 nitrogen and oxygen atoms in total. The van der Waals surface area contributed by atoms with Gasteiger partial charge < -0.3 is 14.4 Å². The minimum Gasteiger partial charge on any atom is -0.442 e. The van der Waals surface area contributed by atoms with E-state index in [9.17, 15) is 4.79 Å². The largest absolute Gasteiger partial charge is 0.442 e. The number of nitriles is 1. The second-order valence-electron chi connectivity index (χ2n) is 6.89. The molecule has 0 N–H and O–H groups in total. The second kappa shape index (κ2) is 7.48. The maximum absolute atomic E-state index is 12.2. The third-order valence-electron chi connectivity index (χ3n) is 5.27. The lowest BCUT2D eigenvalue weighted by atomic mass is 10.2. The number of morpholine rings is 1. The van der Waals surface area contributed by atoms with E-state index in [1.165, 1.54) is 0 Å². The van der Waals surface area contributed by atoms with Crippen LogP contribution in [0.5, 0.6) is 0 Å². The van der Waals surface area contributed by atoms with E-state index in [2.05, 4.69) is 20.9 Å². The highest BCUT2D eigenvalue weighted by Crippen LogP contribution is 2.29. The monoisotopic (exact) mass is 357 g/mol. The molecule has 3 saturated heterocycles. The van der Waals surface area contributed by atoms with Crippen LogP contribution in [0.2, 0.25) is 0 Å². The average molecular weight is 357 g/mol. The number of hydrogen-bond acceptors (Lipinski definition) is 7. The zero-order chi connectivity index (χ0) is 17.9. The number of aromatic nitrogens is 1. The molecule has 1 aromatic heterocycles. The zero-order valence-corrected chi connectivity index (χ0v) is 14.7. The second-order valence-corrected chi connectivity index (χ2v) is 6.89. The maximum atomic E-state index is 12.2. The summed E-state index contributed by atoms with van der Waals surface area (Å²) >= 11 is 0. The molecule has 0 radical (unpaired) electrons. The maximum Gasteiger partial charge on any atom is 0.410 e. The predicted molar refractivity (Wildman–Crippen MR) is 93.8 cm³/mol. The molecular weight excluding hydrogens is 334 g/mol. The first-order valence-corrected chi connectivity index (χ1v) is 9.14. The van der Waals surface area contributed by atoms with E-state index in [-0.39, 0.29) is 18.2 Å². The number of pyridine rings is 1. The molecular formula is C18H23N5O3. The number of nitrogens with zero attached hydrogens (tertiary/aromatic N) is 5. The zero-order valence-electron chi connectivity index (χ0n) is 14.7. The number of carbonyl (C=O) groups is 1. The molecule has 0 spiro atoms. The summed E-state index contributed by atoms with van der Waals surface area (Å²) in [5.74, 6) is 0.766. The molecule has 0 aromatic carbocycles. The van der Waals surface area contributed by atoms with Crippen molar-refractivity contribution in [1.29, 1.82) is 5.26 Å². The van der Waals surface area contributed by atoms with Gasteiger partial charge in [-0.2, -0.15) is 5.26 Å². The van der Waals surface area contributed by atoms with Gasteiger partial charge in [0.2, 0.25) is 0 Å². The van der Waals surface area contributed by atoms with E-state index < -0.39 is 0 Å². The summed E-state index contributed by atoms with van der Waals surface area (Å²) in [7, 11) is 0. The molecule has 0 bridgehead atoms. The number of anilines is 1. The minimum atomic E-state index is -0.208. The Labute approximate surface area is 152 Å². The Balaban J connectivity index is 1.34. The van der Waals surface area contributed by atoms with Crippen LogP contribution in [0, 0.1) is 11.3 Å². The number of amides is 1. The van der Waals surface area contributed by atoms with Crippen molar-refractivity contribution in [2.24, 2.45) is 0 Å². The summed E-state index contributed by atoms with van der Waals surface area (Å²) in [6.07, 6.45) is 0.597. The van der Waals surface area contributed by atoms with Crippen molar-refractivity contribution >= 4 is 11.9 Å². The van der Waals surface area contributed by atoms with Crippen LogP contribution in [0.25, 0.3) is 0 Å². The molecule has 26 heavy (non-hydrogen) atoms. The van der Waals surface area contributed by atoms with Crippen molar-refractivity contribution in [3.05, 3.63) is 23.9 Å². The van der Waals surface area contributed by atoms with Crippen LogP contribution in [-0.2, 0) is 9.47 Å². The molecule has 8 heteroatoms. The Morgan fingerprint density at radius 3 is 2.88 bits per heavy atom. The molecule has 2 atom stereocenters. The van der Waals surface area contributed by atoms with E-state index in [0.29, 0.717) is 25.3 Å². The van der Waals surface area contributed by atoms with Gasteiger partial charge in [-0.05, 0) is 18.6 Å². The van der Waals surface area contributed by atoms with Crippen molar-refractivity contribution < 1.29 is 14.3 Å². The summed E-state index contributed by atoms with van der Waals surface area (Å²) in [6, 6.07) is 7.55. The number of rotatable bonds is 5. The van der Waals surface area contributed by atoms with Gasteiger partial charge >= 0.3 is 6.09 Å². The Hall–Kier alpha value is -2.37. The van der Waals surface area contributed by atoms with Crippen molar-refractivity contribution in [3.63, 3.8) is 0 Å². The van der Waals surface area contributed by atoms with Crippen LogP contribution >= 0.6 is 0 Å². The molecule has 3 aliphatic heterocycles. The Kier molecular flexibility index (Phi) is 4.91. The number of carbonyl (C=O) groups excluding carboxylic acids is 1. The molecule has 4 heterocycles. The van der Waals surface area contributed by atoms with Gasteiger partial charge in [-0.15, -0.1) is 0 Å². The van der Waals surface area contributed by atoms with Gasteiger partial charge in [0.15, 0.2) is 0 Å². The van der Waals surface area contributed by atoms with Gasteiger partial charge in [0, 0.05) is 32.7 Å². The summed E-state index contributed by atoms with van der Waals surface area (Å²) < 4.78 is 10.9. The quantitative estimate of drug-likeness (QED) is 0.766. The fraction of sp³-hybridized carbons (Fsp3) is 0.611. The van der Waals surface area contributed by atoms with Gasteiger partial charge in [-0.1, -0.05) is 6.07 Å². The van der Waals surface area contributed by atoms with Crippen molar-refractivity contribution in [3.8, 4) is 6.07 Å². The van der Waals surface area contributed by atoms with Crippen LogP contribution in [0.1, 0.15) is 12.1 Å². The highest BCUT2D eigenvalue weighted by molar-refractivity contribution is 5.71. The van der Waals surface area contributed by atoms with E-state index in [1.807, 2.05) is 17.0 Å². The predicted octanol–water partition coefficient (Wildman–Crippen LogP) is 0.685. The van der Waals surface area contributed by atoms with Crippen LogP contribution in [0.15, 0.2) is 18.2 Å². The first-order chi connectivity index (χ1) is 12.7. The van der Waals surface area contributed by atoms with E-state index >= 15 is 0 Å².